The molecule has 0 saturated heterocycles. The maximum Gasteiger partial charge on any atom is 0.412 e. The van der Waals surface area contributed by atoms with E-state index >= 15 is 0 Å². The van der Waals surface area contributed by atoms with E-state index in [1.807, 2.05) is 18.2 Å². The van der Waals surface area contributed by atoms with Crippen molar-refractivity contribution in [1.29, 1.82) is 0 Å². The summed E-state index contributed by atoms with van der Waals surface area (Å²) in [4.78, 5) is 28.6. The summed E-state index contributed by atoms with van der Waals surface area (Å²) in [6.45, 7) is 8.72. The Balaban J connectivity index is 2.19. The first-order valence-corrected chi connectivity index (χ1v) is 10.1. The number of hydrogen-bond donors (Lipinski definition) is 2. The summed E-state index contributed by atoms with van der Waals surface area (Å²) < 4.78 is 30.3. The molecule has 32 heavy (non-hydrogen) atoms. The molecule has 0 radical (unpaired) electrons. The van der Waals surface area contributed by atoms with Gasteiger partial charge in [0.05, 0.1) is 23.2 Å². The second-order valence-electron chi connectivity index (χ2n) is 8.66. The lowest BCUT2D eigenvalue weighted by molar-refractivity contribution is -0.0182. The van der Waals surface area contributed by atoms with Crippen LogP contribution in [-0.4, -0.2) is 35.5 Å². The fraction of sp³-hybridized carbons (Fsp3) is 0.435. The normalized spacial score (nSPS) is 12.6. The average molecular weight is 448 g/mol. The van der Waals surface area contributed by atoms with Gasteiger partial charge in [0.25, 0.3) is 0 Å². The van der Waals surface area contributed by atoms with E-state index < -0.39 is 35.2 Å². The van der Waals surface area contributed by atoms with E-state index in [9.17, 15) is 14.0 Å². The molecule has 2 N–H and O–H groups in total. The van der Waals surface area contributed by atoms with Crippen molar-refractivity contribution in [1.82, 2.24) is 10.3 Å². The maximum atomic E-state index is 14.3. The van der Waals surface area contributed by atoms with Gasteiger partial charge in [0.1, 0.15) is 18.2 Å². The lowest BCUT2D eigenvalue weighted by Crippen LogP contribution is -2.45. The molecule has 2 rings (SSSR count). The molecule has 1 atom stereocenters. The molecule has 0 fully saturated rings. The highest BCUT2D eigenvalue weighted by Gasteiger charge is 2.35. The minimum atomic E-state index is -0.924. The van der Waals surface area contributed by atoms with Gasteiger partial charge in [0, 0.05) is 7.11 Å². The Kier molecular flexibility index (Phi) is 8.15. The molecule has 8 nitrogen and oxygen atoms in total. The second kappa shape index (κ2) is 10.4. The number of halogens is 1. The zero-order chi connectivity index (χ0) is 23.9. The van der Waals surface area contributed by atoms with Crippen LogP contribution in [0.2, 0.25) is 0 Å². The minimum Gasteiger partial charge on any atom is -0.444 e. The van der Waals surface area contributed by atoms with Crippen LogP contribution < -0.4 is 10.6 Å². The Bertz CT molecular complexity index is 929. The third-order valence-corrected chi connectivity index (χ3v) is 4.50. The molecule has 2 aromatic rings. The van der Waals surface area contributed by atoms with Crippen LogP contribution in [0.15, 0.2) is 42.6 Å². The van der Waals surface area contributed by atoms with Crippen molar-refractivity contribution in [3.63, 3.8) is 0 Å². The Labute approximate surface area is 187 Å². The third-order valence-electron chi connectivity index (χ3n) is 4.50. The predicted molar refractivity (Wildman–Crippen MR) is 118 cm³/mol. The van der Waals surface area contributed by atoms with Crippen LogP contribution in [-0.2, 0) is 20.8 Å². The molecule has 1 aromatic carbocycles. The number of pyridine rings is 1. The number of benzene rings is 1. The molecular formula is C23H30FN3O5. The summed E-state index contributed by atoms with van der Waals surface area (Å²) in [5, 5.41) is 5.09. The van der Waals surface area contributed by atoms with Gasteiger partial charge in [-0.25, -0.2) is 14.0 Å². The lowest BCUT2D eigenvalue weighted by atomic mass is 9.95. The zero-order valence-corrected chi connectivity index (χ0v) is 19.2. The molecular weight excluding hydrogens is 417 g/mol. The highest BCUT2D eigenvalue weighted by molar-refractivity contribution is 5.84. The van der Waals surface area contributed by atoms with E-state index in [0.29, 0.717) is 0 Å². The fourth-order valence-electron chi connectivity index (χ4n) is 2.72. The Morgan fingerprint density at radius 3 is 2.34 bits per heavy atom. The number of ether oxygens (including phenoxy) is 3. The quantitative estimate of drug-likeness (QED) is 0.622. The Morgan fingerprint density at radius 2 is 1.75 bits per heavy atom. The van der Waals surface area contributed by atoms with E-state index in [1.165, 1.54) is 13.2 Å². The largest absolute Gasteiger partial charge is 0.444 e. The van der Waals surface area contributed by atoms with Gasteiger partial charge < -0.3 is 19.5 Å². The molecule has 0 aliphatic heterocycles. The molecule has 0 bridgehead atoms. The number of anilines is 1. The summed E-state index contributed by atoms with van der Waals surface area (Å²) in [5.74, 6) is -0.753. The van der Waals surface area contributed by atoms with Crippen LogP contribution in [0.3, 0.4) is 0 Å². The highest BCUT2D eigenvalue weighted by Crippen LogP contribution is 2.30. The van der Waals surface area contributed by atoms with Crippen LogP contribution in [0.5, 0.6) is 0 Å². The number of hydrogen-bond acceptors (Lipinski definition) is 6. The molecule has 1 aromatic heterocycles. The predicted octanol–water partition coefficient (Wildman–Crippen LogP) is 4.96. The van der Waals surface area contributed by atoms with Crippen molar-refractivity contribution < 1.29 is 28.2 Å². The lowest BCUT2D eigenvalue weighted by Gasteiger charge is -2.34. The molecule has 1 unspecified atom stereocenters. The first-order valence-electron chi connectivity index (χ1n) is 10.1. The van der Waals surface area contributed by atoms with E-state index in [2.05, 4.69) is 15.6 Å². The number of alkyl carbamates (subject to hydrolysis) is 1. The topological polar surface area (TPSA) is 98.8 Å². The van der Waals surface area contributed by atoms with Crippen molar-refractivity contribution in [3.8, 4) is 0 Å². The van der Waals surface area contributed by atoms with Crippen molar-refractivity contribution in [2.75, 3.05) is 12.4 Å². The van der Waals surface area contributed by atoms with Gasteiger partial charge in [-0.1, -0.05) is 30.3 Å². The molecule has 0 aliphatic rings. The van der Waals surface area contributed by atoms with Gasteiger partial charge in [-0.3, -0.25) is 10.3 Å². The van der Waals surface area contributed by atoms with Gasteiger partial charge in [0.15, 0.2) is 5.82 Å². The smallest absolute Gasteiger partial charge is 0.412 e. The van der Waals surface area contributed by atoms with Crippen molar-refractivity contribution in [3.05, 3.63) is 59.7 Å². The number of amides is 2. The van der Waals surface area contributed by atoms with Crippen LogP contribution in [0.25, 0.3) is 0 Å². The van der Waals surface area contributed by atoms with Crippen molar-refractivity contribution >= 4 is 17.9 Å². The standard InChI is InChI=1S/C23H30FN3O5/c1-22(2,3)32-21(29)27-19(23(4,5)30-6)18-12-17(16(24)13-25-18)26-20(28)31-14-15-10-8-7-9-11-15/h7-13,19H,14H2,1-6H3,(H,27,29)(H,25,26,28). The number of methoxy groups -OCH3 is 1. The van der Waals surface area contributed by atoms with Gasteiger partial charge in [-0.2, -0.15) is 0 Å². The number of carbonyl (C=O) groups excluding carboxylic acids is 2. The second-order valence-corrected chi connectivity index (χ2v) is 8.66. The maximum absolute atomic E-state index is 14.3. The van der Waals surface area contributed by atoms with Crippen molar-refractivity contribution in [2.24, 2.45) is 0 Å². The number of rotatable bonds is 7. The first-order chi connectivity index (χ1) is 14.9. The Hall–Kier alpha value is -3.20. The molecule has 9 heteroatoms. The Morgan fingerprint density at radius 1 is 1.09 bits per heavy atom. The van der Waals surface area contributed by atoms with Crippen LogP contribution in [0, 0.1) is 5.82 Å². The number of nitrogens with zero attached hydrogens (tertiary/aromatic N) is 1. The molecule has 174 valence electrons. The first kappa shape index (κ1) is 25.1. The van der Waals surface area contributed by atoms with Crippen LogP contribution in [0.1, 0.15) is 51.9 Å². The molecule has 2 amide bonds. The summed E-state index contributed by atoms with van der Waals surface area (Å²) in [5.41, 5.74) is -0.718. The van der Waals surface area contributed by atoms with Gasteiger partial charge in [-0.05, 0) is 46.2 Å². The summed E-state index contributed by atoms with van der Waals surface area (Å²) in [7, 11) is 1.48. The van der Waals surface area contributed by atoms with E-state index in [1.54, 1.807) is 46.8 Å². The summed E-state index contributed by atoms with van der Waals surface area (Å²) >= 11 is 0. The third kappa shape index (κ3) is 7.49. The van der Waals surface area contributed by atoms with E-state index in [-0.39, 0.29) is 18.0 Å². The van der Waals surface area contributed by atoms with Crippen LogP contribution in [0.4, 0.5) is 19.7 Å². The van der Waals surface area contributed by atoms with E-state index in [0.717, 1.165) is 11.8 Å². The average Bonchev–Trinajstić information content (AvgIpc) is 2.71. The van der Waals surface area contributed by atoms with Gasteiger partial charge >= 0.3 is 12.2 Å². The summed E-state index contributed by atoms with van der Waals surface area (Å²) in [6.07, 6.45) is -0.555. The highest BCUT2D eigenvalue weighted by atomic mass is 19.1. The van der Waals surface area contributed by atoms with Crippen molar-refractivity contribution in [2.45, 2.75) is 58.5 Å². The summed E-state index contributed by atoms with van der Waals surface area (Å²) in [6, 6.07) is 9.62. The number of carbonyl (C=O) groups is 2. The van der Waals surface area contributed by atoms with Gasteiger partial charge in [0.2, 0.25) is 0 Å². The van der Waals surface area contributed by atoms with Gasteiger partial charge in [-0.15, -0.1) is 0 Å². The zero-order valence-electron chi connectivity index (χ0n) is 19.2. The monoisotopic (exact) mass is 447 g/mol. The van der Waals surface area contributed by atoms with Crippen LogP contribution >= 0.6 is 0 Å². The minimum absolute atomic E-state index is 0.0335. The number of aromatic nitrogens is 1. The SMILES string of the molecule is COC(C)(C)C(NC(=O)OC(C)(C)C)c1cc(NC(=O)OCc2ccccc2)c(F)cn1. The molecule has 0 aliphatic carbocycles. The van der Waals surface area contributed by atoms with E-state index in [4.69, 9.17) is 14.2 Å². The molecule has 0 spiro atoms. The molecule has 1 heterocycles. The number of nitrogens with one attached hydrogen (secondary N) is 2. The molecule has 0 saturated carbocycles. The fourth-order valence-corrected chi connectivity index (χ4v) is 2.72.